The molecular weight excluding hydrogens is 482 g/mol. The maximum absolute atomic E-state index is 10.0. The van der Waals surface area contributed by atoms with Gasteiger partial charge in [0.05, 0.1) is 16.8 Å². The number of rotatable bonds is 8. The molecule has 5 rings (SSSR count). The zero-order valence-electron chi connectivity index (χ0n) is 19.9. The first kappa shape index (κ1) is 23.6. The van der Waals surface area contributed by atoms with Gasteiger partial charge in [0.15, 0.2) is 11.5 Å². The second kappa shape index (κ2) is 9.51. The van der Waals surface area contributed by atoms with E-state index < -0.39 is 5.60 Å². The lowest BCUT2D eigenvalue weighted by atomic mass is 10.1. The van der Waals surface area contributed by atoms with Gasteiger partial charge in [-0.1, -0.05) is 11.6 Å². The maximum Gasteiger partial charge on any atom is 0.225 e. The van der Waals surface area contributed by atoms with Gasteiger partial charge >= 0.3 is 0 Å². The van der Waals surface area contributed by atoms with Crippen molar-refractivity contribution in [3.63, 3.8) is 0 Å². The molecule has 0 aliphatic heterocycles. The lowest BCUT2D eigenvalue weighted by molar-refractivity contribution is 0.0733. The van der Waals surface area contributed by atoms with Gasteiger partial charge in [0.1, 0.15) is 35.2 Å². The van der Waals surface area contributed by atoms with Crippen LogP contribution in [0.1, 0.15) is 20.3 Å². The molecule has 12 heteroatoms. The number of nitrogens with zero attached hydrogens (tertiary/aromatic N) is 8. The highest BCUT2D eigenvalue weighted by Gasteiger charge is 2.16. The van der Waals surface area contributed by atoms with Crippen molar-refractivity contribution in [1.82, 2.24) is 34.5 Å². The van der Waals surface area contributed by atoms with Crippen LogP contribution in [-0.4, -0.2) is 58.8 Å². The number of anilines is 3. The third kappa shape index (κ3) is 5.26. The SMILES string of the molecule is CN(CCC(C)(C)O)c1ncc2ncnc(Nc3ccc(Oc4ccn5ncnc5c4)c(Cl)c3)c2n1. The number of aliphatic hydroxyl groups is 1. The smallest absolute Gasteiger partial charge is 0.225 e. The molecule has 5 aromatic rings. The number of nitrogens with one attached hydrogen (secondary N) is 1. The molecule has 36 heavy (non-hydrogen) atoms. The van der Waals surface area contributed by atoms with Crippen molar-refractivity contribution < 1.29 is 9.84 Å². The van der Waals surface area contributed by atoms with Crippen molar-refractivity contribution in [2.24, 2.45) is 0 Å². The first-order valence-electron chi connectivity index (χ1n) is 11.2. The molecular formula is C24H24ClN9O2. The molecule has 0 fully saturated rings. The minimum Gasteiger partial charge on any atom is -0.456 e. The van der Waals surface area contributed by atoms with Crippen molar-refractivity contribution in [3.05, 3.63) is 60.4 Å². The first-order valence-corrected chi connectivity index (χ1v) is 11.6. The van der Waals surface area contributed by atoms with Crippen LogP contribution >= 0.6 is 11.6 Å². The van der Waals surface area contributed by atoms with Crippen molar-refractivity contribution in [2.45, 2.75) is 25.9 Å². The predicted molar refractivity (Wildman–Crippen MR) is 137 cm³/mol. The van der Waals surface area contributed by atoms with Crippen LogP contribution in [0.4, 0.5) is 17.5 Å². The first-order chi connectivity index (χ1) is 17.2. The summed E-state index contributed by atoms with van der Waals surface area (Å²) in [5.41, 5.74) is 1.76. The molecule has 0 radical (unpaired) electrons. The molecule has 4 aromatic heterocycles. The second-order valence-corrected chi connectivity index (χ2v) is 9.31. The summed E-state index contributed by atoms with van der Waals surface area (Å²) < 4.78 is 7.59. The van der Waals surface area contributed by atoms with E-state index in [1.165, 1.54) is 12.7 Å². The highest BCUT2D eigenvalue weighted by Crippen LogP contribution is 2.33. The molecule has 0 bridgehead atoms. The third-order valence-corrected chi connectivity index (χ3v) is 5.74. The average molecular weight is 506 g/mol. The topological polar surface area (TPSA) is 126 Å². The van der Waals surface area contributed by atoms with Crippen LogP contribution < -0.4 is 15.0 Å². The van der Waals surface area contributed by atoms with E-state index >= 15 is 0 Å². The fourth-order valence-corrected chi connectivity index (χ4v) is 3.67. The quantitative estimate of drug-likeness (QED) is 0.316. The number of ether oxygens (including phenoxy) is 1. The summed E-state index contributed by atoms with van der Waals surface area (Å²) in [6.07, 6.45) is 6.92. The van der Waals surface area contributed by atoms with Crippen LogP contribution in [0.25, 0.3) is 16.7 Å². The molecule has 184 valence electrons. The van der Waals surface area contributed by atoms with E-state index in [0.717, 1.165) is 0 Å². The second-order valence-electron chi connectivity index (χ2n) is 8.91. The zero-order chi connectivity index (χ0) is 25.3. The monoisotopic (exact) mass is 505 g/mol. The van der Waals surface area contributed by atoms with Crippen molar-refractivity contribution >= 4 is 45.7 Å². The lowest BCUT2D eigenvalue weighted by Crippen LogP contribution is -2.29. The third-order valence-electron chi connectivity index (χ3n) is 5.44. The van der Waals surface area contributed by atoms with Crippen LogP contribution in [0.2, 0.25) is 5.02 Å². The Morgan fingerprint density at radius 2 is 1.97 bits per heavy atom. The highest BCUT2D eigenvalue weighted by molar-refractivity contribution is 6.32. The van der Waals surface area contributed by atoms with Crippen molar-refractivity contribution in [1.29, 1.82) is 0 Å². The van der Waals surface area contributed by atoms with Gasteiger partial charge in [0.2, 0.25) is 5.95 Å². The normalized spacial score (nSPS) is 11.7. The number of benzene rings is 1. The summed E-state index contributed by atoms with van der Waals surface area (Å²) in [7, 11) is 1.88. The molecule has 0 atom stereocenters. The minimum absolute atomic E-state index is 0.418. The largest absolute Gasteiger partial charge is 0.456 e. The Labute approximate surface area is 211 Å². The summed E-state index contributed by atoms with van der Waals surface area (Å²) in [6.45, 7) is 4.14. The van der Waals surface area contributed by atoms with Gasteiger partial charge in [-0.05, 0) is 44.5 Å². The Bertz CT molecular complexity index is 1530. The molecule has 0 saturated carbocycles. The van der Waals surface area contributed by atoms with Crippen LogP contribution in [0, 0.1) is 0 Å². The zero-order valence-corrected chi connectivity index (χ0v) is 20.7. The average Bonchev–Trinajstić information content (AvgIpc) is 3.32. The number of hydrogen-bond acceptors (Lipinski definition) is 10. The molecule has 0 aliphatic carbocycles. The number of pyridine rings is 1. The molecule has 0 unspecified atom stereocenters. The highest BCUT2D eigenvalue weighted by atomic mass is 35.5. The Kier molecular flexibility index (Phi) is 6.25. The molecule has 1 aromatic carbocycles. The number of hydrogen-bond donors (Lipinski definition) is 2. The summed E-state index contributed by atoms with van der Waals surface area (Å²) >= 11 is 6.52. The van der Waals surface area contributed by atoms with Gasteiger partial charge in [-0.2, -0.15) is 5.10 Å². The van der Waals surface area contributed by atoms with Gasteiger partial charge < -0.3 is 20.1 Å². The van der Waals surface area contributed by atoms with Gasteiger partial charge in [-0.25, -0.2) is 29.4 Å². The van der Waals surface area contributed by atoms with Crippen LogP contribution in [0.15, 0.2) is 55.4 Å². The van der Waals surface area contributed by atoms with E-state index in [4.69, 9.17) is 16.3 Å². The van der Waals surface area contributed by atoms with Crippen LogP contribution in [0.5, 0.6) is 11.5 Å². The van der Waals surface area contributed by atoms with E-state index in [0.29, 0.717) is 63.6 Å². The van der Waals surface area contributed by atoms with Gasteiger partial charge in [0.25, 0.3) is 0 Å². The number of aromatic nitrogens is 7. The lowest BCUT2D eigenvalue weighted by Gasteiger charge is -2.23. The van der Waals surface area contributed by atoms with E-state index in [2.05, 4.69) is 35.3 Å². The minimum atomic E-state index is -0.778. The summed E-state index contributed by atoms with van der Waals surface area (Å²) in [6, 6.07) is 8.92. The van der Waals surface area contributed by atoms with Crippen molar-refractivity contribution in [2.75, 3.05) is 23.8 Å². The standard InChI is InChI=1S/C24H24ClN9O2/c1-24(2,35)7-9-33(3)23-26-12-18-21(32-23)22(29-13-27-18)31-15-4-5-19(17(25)10-15)36-16-6-8-34-20(11-16)28-14-30-34/h4-6,8,10-14,35H,7,9H2,1-3H3,(H,27,29,31). The van der Waals surface area contributed by atoms with E-state index in [9.17, 15) is 5.11 Å². The molecule has 0 amide bonds. The number of halogens is 1. The summed E-state index contributed by atoms with van der Waals surface area (Å²) in [5.74, 6) is 2.12. The fourth-order valence-electron chi connectivity index (χ4n) is 3.45. The molecule has 2 N–H and O–H groups in total. The van der Waals surface area contributed by atoms with E-state index in [-0.39, 0.29) is 0 Å². The Balaban J connectivity index is 1.36. The van der Waals surface area contributed by atoms with Gasteiger partial charge in [0, 0.05) is 31.5 Å². The van der Waals surface area contributed by atoms with Crippen LogP contribution in [0.3, 0.4) is 0 Å². The number of fused-ring (bicyclic) bond motifs is 2. The van der Waals surface area contributed by atoms with E-state index in [1.807, 2.05) is 18.0 Å². The van der Waals surface area contributed by atoms with Crippen molar-refractivity contribution in [3.8, 4) is 11.5 Å². The molecule has 4 heterocycles. The Morgan fingerprint density at radius 1 is 1.11 bits per heavy atom. The predicted octanol–water partition coefficient (Wildman–Crippen LogP) is 4.25. The van der Waals surface area contributed by atoms with Crippen LogP contribution in [-0.2, 0) is 0 Å². The molecule has 11 nitrogen and oxygen atoms in total. The summed E-state index contributed by atoms with van der Waals surface area (Å²) in [4.78, 5) is 23.8. The Morgan fingerprint density at radius 3 is 2.78 bits per heavy atom. The van der Waals surface area contributed by atoms with Gasteiger partial charge in [-0.15, -0.1) is 0 Å². The summed E-state index contributed by atoms with van der Waals surface area (Å²) in [5, 5.41) is 17.8. The molecule has 0 spiro atoms. The fraction of sp³-hybridized carbons (Fsp3) is 0.250. The maximum atomic E-state index is 10.0. The molecule has 0 aliphatic rings. The molecule has 0 saturated heterocycles. The Hall–Kier alpha value is -4.09. The van der Waals surface area contributed by atoms with Gasteiger partial charge in [-0.3, -0.25) is 0 Å². The van der Waals surface area contributed by atoms with E-state index in [1.54, 1.807) is 55.0 Å².